The van der Waals surface area contributed by atoms with Crippen molar-refractivity contribution >= 4 is 28.7 Å². The molecule has 0 aliphatic rings. The van der Waals surface area contributed by atoms with Crippen molar-refractivity contribution in [2.45, 2.75) is 25.9 Å². The predicted molar refractivity (Wildman–Crippen MR) is 91.8 cm³/mol. The molecule has 2 aromatic rings. The summed E-state index contributed by atoms with van der Waals surface area (Å²) in [5, 5.41) is 5.95. The zero-order chi connectivity index (χ0) is 17.0. The quantitative estimate of drug-likeness (QED) is 0.709. The summed E-state index contributed by atoms with van der Waals surface area (Å²) in [4.78, 5) is 0. The molecular formula is C17H17F3N2S. The van der Waals surface area contributed by atoms with E-state index in [9.17, 15) is 13.2 Å². The molecule has 122 valence electrons. The number of halogens is 3. The SMILES string of the molecule is CC(C)c1ccc(NC(=S)Nc2cccc(C(F)(F)F)c2)cc1. The number of rotatable bonds is 3. The minimum absolute atomic E-state index is 0.238. The summed E-state index contributed by atoms with van der Waals surface area (Å²) < 4.78 is 38.0. The molecule has 6 heteroatoms. The average molecular weight is 338 g/mol. The van der Waals surface area contributed by atoms with Crippen molar-refractivity contribution in [1.82, 2.24) is 0 Å². The van der Waals surface area contributed by atoms with E-state index in [1.54, 1.807) is 0 Å². The zero-order valence-electron chi connectivity index (χ0n) is 12.7. The van der Waals surface area contributed by atoms with Crippen LogP contribution in [-0.2, 0) is 6.18 Å². The molecule has 2 N–H and O–H groups in total. The van der Waals surface area contributed by atoms with Gasteiger partial charge in [0, 0.05) is 11.4 Å². The topological polar surface area (TPSA) is 24.1 Å². The van der Waals surface area contributed by atoms with Gasteiger partial charge in [-0.25, -0.2) is 0 Å². The van der Waals surface area contributed by atoms with Gasteiger partial charge in [-0.1, -0.05) is 32.0 Å². The Bertz CT molecular complexity index is 679. The first kappa shape index (κ1) is 17.3. The standard InChI is InChI=1S/C17H17F3N2S/c1-11(2)12-6-8-14(9-7-12)21-16(23)22-15-5-3-4-13(10-15)17(18,19)20/h3-11H,1-2H3,(H2,21,22,23). The van der Waals surface area contributed by atoms with Crippen LogP contribution < -0.4 is 10.6 Å². The van der Waals surface area contributed by atoms with Crippen molar-refractivity contribution in [1.29, 1.82) is 0 Å². The van der Waals surface area contributed by atoms with E-state index in [0.29, 0.717) is 5.92 Å². The summed E-state index contributed by atoms with van der Waals surface area (Å²) in [5.41, 5.74) is 1.55. The Kier molecular flexibility index (Phi) is 5.26. The lowest BCUT2D eigenvalue weighted by Crippen LogP contribution is -2.19. The fourth-order valence-electron chi connectivity index (χ4n) is 2.02. The van der Waals surface area contributed by atoms with Gasteiger partial charge < -0.3 is 10.6 Å². The van der Waals surface area contributed by atoms with Gasteiger partial charge in [-0.2, -0.15) is 13.2 Å². The van der Waals surface area contributed by atoms with Crippen LogP contribution in [0.2, 0.25) is 0 Å². The molecule has 0 aromatic heterocycles. The molecule has 0 heterocycles. The van der Waals surface area contributed by atoms with Gasteiger partial charge in [0.25, 0.3) is 0 Å². The minimum atomic E-state index is -4.38. The molecule has 0 saturated heterocycles. The Labute approximate surface area is 138 Å². The van der Waals surface area contributed by atoms with E-state index < -0.39 is 11.7 Å². The molecule has 0 unspecified atom stereocenters. The Morgan fingerprint density at radius 2 is 1.57 bits per heavy atom. The molecule has 23 heavy (non-hydrogen) atoms. The van der Waals surface area contributed by atoms with E-state index >= 15 is 0 Å². The molecule has 2 rings (SSSR count). The van der Waals surface area contributed by atoms with E-state index in [1.807, 2.05) is 24.3 Å². The van der Waals surface area contributed by atoms with Crippen molar-refractivity contribution in [3.8, 4) is 0 Å². The molecule has 0 spiro atoms. The zero-order valence-corrected chi connectivity index (χ0v) is 13.6. The first-order valence-electron chi connectivity index (χ1n) is 7.11. The average Bonchev–Trinajstić information content (AvgIpc) is 2.47. The van der Waals surface area contributed by atoms with Gasteiger partial charge in [0.05, 0.1) is 5.56 Å². The van der Waals surface area contributed by atoms with Crippen molar-refractivity contribution in [3.05, 3.63) is 59.7 Å². The molecule has 0 radical (unpaired) electrons. The highest BCUT2D eigenvalue weighted by Gasteiger charge is 2.30. The van der Waals surface area contributed by atoms with Crippen LogP contribution in [-0.4, -0.2) is 5.11 Å². The molecule has 0 bridgehead atoms. The van der Waals surface area contributed by atoms with Crippen molar-refractivity contribution in [2.75, 3.05) is 10.6 Å². The number of benzene rings is 2. The molecule has 0 aliphatic heterocycles. The summed E-state index contributed by atoms with van der Waals surface area (Å²) >= 11 is 5.14. The Balaban J connectivity index is 2.02. The van der Waals surface area contributed by atoms with Crippen LogP contribution in [0.5, 0.6) is 0 Å². The lowest BCUT2D eigenvalue weighted by atomic mass is 10.0. The highest BCUT2D eigenvalue weighted by molar-refractivity contribution is 7.80. The molecule has 0 fully saturated rings. The smallest absolute Gasteiger partial charge is 0.332 e. The summed E-state index contributed by atoms with van der Waals surface area (Å²) in [5.74, 6) is 0.430. The van der Waals surface area contributed by atoms with Crippen LogP contribution >= 0.6 is 12.2 Å². The van der Waals surface area contributed by atoms with Crippen LogP contribution in [0.4, 0.5) is 24.5 Å². The lowest BCUT2D eigenvalue weighted by molar-refractivity contribution is -0.137. The third-order valence-electron chi connectivity index (χ3n) is 3.28. The number of alkyl halides is 3. The third kappa shape index (κ3) is 4.96. The largest absolute Gasteiger partial charge is 0.416 e. The maximum atomic E-state index is 12.7. The summed E-state index contributed by atoms with van der Waals surface area (Å²) in [7, 11) is 0. The maximum absolute atomic E-state index is 12.7. The van der Waals surface area contributed by atoms with Crippen LogP contribution in [0.3, 0.4) is 0 Å². The van der Waals surface area contributed by atoms with Gasteiger partial charge in [-0.05, 0) is 54.0 Å². The Morgan fingerprint density at radius 1 is 0.957 bits per heavy atom. The Hall–Kier alpha value is -2.08. The van der Waals surface area contributed by atoms with Gasteiger partial charge in [-0.15, -0.1) is 0 Å². The van der Waals surface area contributed by atoms with Gasteiger partial charge in [-0.3, -0.25) is 0 Å². The van der Waals surface area contributed by atoms with Gasteiger partial charge in [0.1, 0.15) is 0 Å². The number of thiocarbonyl (C=S) groups is 1. The van der Waals surface area contributed by atoms with Gasteiger partial charge >= 0.3 is 6.18 Å². The van der Waals surface area contributed by atoms with Crippen molar-refractivity contribution in [3.63, 3.8) is 0 Å². The highest BCUT2D eigenvalue weighted by atomic mass is 32.1. The van der Waals surface area contributed by atoms with Crippen molar-refractivity contribution < 1.29 is 13.2 Å². The number of nitrogens with one attached hydrogen (secondary N) is 2. The fourth-order valence-corrected chi connectivity index (χ4v) is 2.25. The fraction of sp³-hybridized carbons (Fsp3) is 0.235. The molecule has 2 nitrogen and oxygen atoms in total. The summed E-state index contributed by atoms with van der Waals surface area (Å²) in [6.45, 7) is 4.20. The number of anilines is 2. The van der Waals surface area contributed by atoms with Crippen LogP contribution in [0, 0.1) is 0 Å². The molecular weight excluding hydrogens is 321 g/mol. The van der Waals surface area contributed by atoms with Gasteiger partial charge in [0.15, 0.2) is 5.11 Å². The van der Waals surface area contributed by atoms with E-state index in [4.69, 9.17) is 12.2 Å². The van der Waals surface area contributed by atoms with Crippen LogP contribution in [0.25, 0.3) is 0 Å². The van der Waals surface area contributed by atoms with E-state index in [-0.39, 0.29) is 10.8 Å². The number of hydrogen-bond acceptors (Lipinski definition) is 1. The molecule has 0 aliphatic carbocycles. The first-order valence-corrected chi connectivity index (χ1v) is 7.52. The second-order valence-electron chi connectivity index (χ2n) is 5.43. The van der Waals surface area contributed by atoms with E-state index in [0.717, 1.165) is 17.8 Å². The van der Waals surface area contributed by atoms with Crippen molar-refractivity contribution in [2.24, 2.45) is 0 Å². The highest BCUT2D eigenvalue weighted by Crippen LogP contribution is 2.30. The second-order valence-corrected chi connectivity index (χ2v) is 5.84. The van der Waals surface area contributed by atoms with E-state index in [2.05, 4.69) is 24.5 Å². The maximum Gasteiger partial charge on any atom is 0.416 e. The first-order chi connectivity index (χ1) is 10.8. The Morgan fingerprint density at radius 3 is 2.13 bits per heavy atom. The monoisotopic (exact) mass is 338 g/mol. The van der Waals surface area contributed by atoms with Crippen LogP contribution in [0.15, 0.2) is 48.5 Å². The molecule has 0 saturated carbocycles. The minimum Gasteiger partial charge on any atom is -0.332 e. The second kappa shape index (κ2) is 7.00. The van der Waals surface area contributed by atoms with Crippen LogP contribution in [0.1, 0.15) is 30.9 Å². The molecule has 0 amide bonds. The van der Waals surface area contributed by atoms with Gasteiger partial charge in [0.2, 0.25) is 0 Å². The summed E-state index contributed by atoms with van der Waals surface area (Å²) in [6.07, 6.45) is -4.38. The number of hydrogen-bond donors (Lipinski definition) is 2. The molecule has 0 atom stereocenters. The lowest BCUT2D eigenvalue weighted by Gasteiger charge is -2.13. The summed E-state index contributed by atoms with van der Waals surface area (Å²) in [6, 6.07) is 12.7. The third-order valence-corrected chi connectivity index (χ3v) is 3.49. The molecule has 2 aromatic carbocycles. The normalized spacial score (nSPS) is 11.4. The van der Waals surface area contributed by atoms with E-state index in [1.165, 1.54) is 17.7 Å². The predicted octanol–water partition coefficient (Wildman–Crippen LogP) is 5.64.